The highest BCUT2D eigenvalue weighted by Gasteiger charge is 2.26. The SMILES string of the molecule is CC(C)(C)Oc1ccc2c(c1)[C@@H](NC[C@@H](O)[C@H](Cc1cc(F)cc(F)c1)NC(=O)Cc1ccccc1)CCN2. The number of hydrogen-bond donors (Lipinski definition) is 4. The fourth-order valence-electron chi connectivity index (χ4n) is 4.84. The van der Waals surface area contributed by atoms with E-state index in [0.717, 1.165) is 41.6 Å². The van der Waals surface area contributed by atoms with Gasteiger partial charge in [-0.3, -0.25) is 4.79 Å². The number of aliphatic hydroxyl groups excluding tert-OH is 1. The number of fused-ring (bicyclic) bond motifs is 1. The van der Waals surface area contributed by atoms with Crippen LogP contribution in [0, 0.1) is 11.6 Å². The lowest BCUT2D eigenvalue weighted by Crippen LogP contribution is -2.49. The van der Waals surface area contributed by atoms with Crippen LogP contribution in [0.3, 0.4) is 0 Å². The largest absolute Gasteiger partial charge is 0.488 e. The molecule has 3 aromatic carbocycles. The normalized spacial score (nSPS) is 16.5. The Morgan fingerprint density at radius 3 is 2.46 bits per heavy atom. The average Bonchev–Trinajstić information content (AvgIpc) is 2.86. The van der Waals surface area contributed by atoms with Crippen LogP contribution < -0.4 is 20.7 Å². The van der Waals surface area contributed by atoms with Gasteiger partial charge in [0.2, 0.25) is 5.91 Å². The van der Waals surface area contributed by atoms with E-state index in [4.69, 9.17) is 4.74 Å². The molecule has 8 heteroatoms. The van der Waals surface area contributed by atoms with E-state index >= 15 is 0 Å². The Balaban J connectivity index is 1.47. The van der Waals surface area contributed by atoms with Gasteiger partial charge in [-0.2, -0.15) is 0 Å². The minimum absolute atomic E-state index is 0.0493. The fraction of sp³-hybridized carbons (Fsp3) is 0.387. The molecular formula is C31H37F2N3O3. The van der Waals surface area contributed by atoms with E-state index in [9.17, 15) is 18.7 Å². The van der Waals surface area contributed by atoms with Crippen LogP contribution in [0.4, 0.5) is 14.5 Å². The standard InChI is InChI=1S/C31H37F2N3O3/c1-31(2,3)39-24-9-10-26-25(18-24)27(11-12-34-26)35-19-29(37)28(15-21-13-22(32)17-23(33)14-21)36-30(38)16-20-7-5-4-6-8-20/h4-10,13-14,17-18,27-29,34-35,37H,11-12,15-16,19H2,1-3H3,(H,36,38)/t27-,28-,29+/m0/s1. The second kappa shape index (κ2) is 12.6. The molecule has 0 aromatic heterocycles. The number of amides is 1. The summed E-state index contributed by atoms with van der Waals surface area (Å²) in [7, 11) is 0. The lowest BCUT2D eigenvalue weighted by Gasteiger charge is -2.31. The van der Waals surface area contributed by atoms with Crippen molar-refractivity contribution >= 4 is 11.6 Å². The molecule has 0 fully saturated rings. The summed E-state index contributed by atoms with van der Waals surface area (Å²) in [6, 6.07) is 17.6. The second-order valence-electron chi connectivity index (χ2n) is 11.0. The maximum atomic E-state index is 13.9. The summed E-state index contributed by atoms with van der Waals surface area (Å²) in [5.41, 5.74) is 2.88. The Labute approximate surface area is 228 Å². The highest BCUT2D eigenvalue weighted by atomic mass is 19.1. The maximum Gasteiger partial charge on any atom is 0.224 e. The zero-order valence-corrected chi connectivity index (χ0v) is 22.6. The van der Waals surface area contributed by atoms with Crippen molar-refractivity contribution in [2.45, 2.75) is 63.8 Å². The van der Waals surface area contributed by atoms with Crippen LogP contribution in [0.5, 0.6) is 5.75 Å². The molecule has 4 rings (SSSR count). The quantitative estimate of drug-likeness (QED) is 0.295. The molecule has 39 heavy (non-hydrogen) atoms. The molecule has 0 aliphatic carbocycles. The van der Waals surface area contributed by atoms with Gasteiger partial charge in [-0.05, 0) is 80.6 Å². The minimum atomic E-state index is -1.01. The van der Waals surface area contributed by atoms with Crippen LogP contribution in [0.25, 0.3) is 0 Å². The van der Waals surface area contributed by atoms with Crippen molar-refractivity contribution in [2.75, 3.05) is 18.4 Å². The molecule has 0 bridgehead atoms. The van der Waals surface area contributed by atoms with Crippen molar-refractivity contribution < 1.29 is 23.4 Å². The number of aliphatic hydroxyl groups is 1. The monoisotopic (exact) mass is 537 g/mol. The van der Waals surface area contributed by atoms with E-state index in [2.05, 4.69) is 16.0 Å². The Morgan fingerprint density at radius 1 is 1.05 bits per heavy atom. The van der Waals surface area contributed by atoms with Gasteiger partial charge in [0.1, 0.15) is 23.0 Å². The molecule has 6 nitrogen and oxygen atoms in total. The Hall–Kier alpha value is -3.49. The van der Waals surface area contributed by atoms with Gasteiger partial charge in [-0.15, -0.1) is 0 Å². The van der Waals surface area contributed by atoms with Crippen LogP contribution in [-0.4, -0.2) is 41.9 Å². The number of carbonyl (C=O) groups excluding carboxylic acids is 1. The van der Waals surface area contributed by atoms with E-state index in [1.165, 1.54) is 12.1 Å². The molecule has 1 amide bonds. The van der Waals surface area contributed by atoms with Gasteiger partial charge in [-0.1, -0.05) is 30.3 Å². The number of halogens is 2. The summed E-state index contributed by atoms with van der Waals surface area (Å²) in [5, 5.41) is 20.9. The summed E-state index contributed by atoms with van der Waals surface area (Å²) in [4.78, 5) is 12.9. The summed E-state index contributed by atoms with van der Waals surface area (Å²) >= 11 is 0. The zero-order chi connectivity index (χ0) is 28.0. The molecule has 0 saturated carbocycles. The lowest BCUT2D eigenvalue weighted by molar-refractivity contribution is -0.122. The van der Waals surface area contributed by atoms with Crippen molar-refractivity contribution in [3.05, 3.63) is 95.1 Å². The number of benzene rings is 3. The molecule has 1 heterocycles. The highest BCUT2D eigenvalue weighted by molar-refractivity contribution is 5.79. The third-order valence-corrected chi connectivity index (χ3v) is 6.54. The Bertz CT molecular complexity index is 1240. The Morgan fingerprint density at radius 2 is 1.77 bits per heavy atom. The molecule has 0 radical (unpaired) electrons. The molecular weight excluding hydrogens is 500 g/mol. The first kappa shape index (κ1) is 28.5. The summed E-state index contributed by atoms with van der Waals surface area (Å²) in [5.74, 6) is -0.923. The van der Waals surface area contributed by atoms with Crippen molar-refractivity contribution in [3.8, 4) is 5.75 Å². The molecule has 1 aliphatic heterocycles. The van der Waals surface area contributed by atoms with Gasteiger partial charge >= 0.3 is 0 Å². The van der Waals surface area contributed by atoms with Crippen molar-refractivity contribution in [2.24, 2.45) is 0 Å². The van der Waals surface area contributed by atoms with Crippen LogP contribution in [-0.2, 0) is 17.6 Å². The average molecular weight is 538 g/mol. The summed E-state index contributed by atoms with van der Waals surface area (Å²) < 4.78 is 33.8. The highest BCUT2D eigenvalue weighted by Crippen LogP contribution is 2.34. The zero-order valence-electron chi connectivity index (χ0n) is 22.6. The topological polar surface area (TPSA) is 82.6 Å². The van der Waals surface area contributed by atoms with E-state index < -0.39 is 23.8 Å². The van der Waals surface area contributed by atoms with E-state index in [-0.39, 0.29) is 36.9 Å². The van der Waals surface area contributed by atoms with Crippen molar-refractivity contribution in [3.63, 3.8) is 0 Å². The molecule has 0 saturated heterocycles. The first-order valence-electron chi connectivity index (χ1n) is 13.3. The van der Waals surface area contributed by atoms with Crippen LogP contribution >= 0.6 is 0 Å². The van der Waals surface area contributed by atoms with Crippen LogP contribution in [0.15, 0.2) is 66.7 Å². The van der Waals surface area contributed by atoms with Gasteiger partial charge in [0, 0.05) is 30.9 Å². The Kier molecular flexibility index (Phi) is 9.20. The van der Waals surface area contributed by atoms with Gasteiger partial charge in [0.15, 0.2) is 0 Å². The predicted molar refractivity (Wildman–Crippen MR) is 149 cm³/mol. The lowest BCUT2D eigenvalue weighted by atomic mass is 9.96. The van der Waals surface area contributed by atoms with Gasteiger partial charge in [-0.25, -0.2) is 8.78 Å². The number of carbonyl (C=O) groups is 1. The third-order valence-electron chi connectivity index (χ3n) is 6.54. The number of rotatable bonds is 10. The van der Waals surface area contributed by atoms with E-state index in [1.54, 1.807) is 0 Å². The number of anilines is 1. The van der Waals surface area contributed by atoms with Crippen LogP contribution in [0.2, 0.25) is 0 Å². The smallest absolute Gasteiger partial charge is 0.224 e. The molecule has 4 N–H and O–H groups in total. The van der Waals surface area contributed by atoms with Gasteiger partial charge in [0.25, 0.3) is 0 Å². The number of ether oxygens (including phenoxy) is 1. The first-order chi connectivity index (χ1) is 18.6. The summed E-state index contributed by atoms with van der Waals surface area (Å²) in [6.07, 6.45) is -0.0142. The van der Waals surface area contributed by atoms with Gasteiger partial charge < -0.3 is 25.8 Å². The fourth-order valence-corrected chi connectivity index (χ4v) is 4.84. The molecule has 208 valence electrons. The minimum Gasteiger partial charge on any atom is -0.488 e. The second-order valence-corrected chi connectivity index (χ2v) is 11.0. The number of hydrogen-bond acceptors (Lipinski definition) is 5. The molecule has 1 aliphatic rings. The van der Waals surface area contributed by atoms with Crippen LogP contribution in [0.1, 0.15) is 49.9 Å². The number of nitrogens with one attached hydrogen (secondary N) is 3. The molecule has 0 unspecified atom stereocenters. The molecule has 3 aromatic rings. The molecule has 0 spiro atoms. The van der Waals surface area contributed by atoms with Crippen molar-refractivity contribution in [1.82, 2.24) is 10.6 Å². The summed E-state index contributed by atoms with van der Waals surface area (Å²) in [6.45, 7) is 6.91. The first-order valence-corrected chi connectivity index (χ1v) is 13.3. The van der Waals surface area contributed by atoms with Gasteiger partial charge in [0.05, 0.1) is 18.6 Å². The van der Waals surface area contributed by atoms with E-state index in [1.807, 2.05) is 69.3 Å². The third kappa shape index (κ3) is 8.50. The predicted octanol–water partition coefficient (Wildman–Crippen LogP) is 4.92. The molecule has 3 atom stereocenters. The van der Waals surface area contributed by atoms with E-state index in [0.29, 0.717) is 5.56 Å². The maximum absolute atomic E-state index is 13.9. The van der Waals surface area contributed by atoms with Crippen molar-refractivity contribution in [1.29, 1.82) is 0 Å².